The largest absolute Gasteiger partial charge is 0.473 e. The Hall–Kier alpha value is -2.84. The molecule has 2 aliphatic rings. The molecule has 1 aliphatic carbocycles. The first kappa shape index (κ1) is 15.2. The van der Waals surface area contributed by atoms with Crippen LogP contribution in [0.3, 0.4) is 0 Å². The third-order valence-corrected chi connectivity index (χ3v) is 6.18. The molecule has 0 bridgehead atoms. The fraction of sp³-hybridized carbons (Fsp3) is 0.0400. The van der Waals surface area contributed by atoms with Crippen molar-refractivity contribution in [2.24, 2.45) is 0 Å². The minimum Gasteiger partial charge on any atom is -0.473 e. The van der Waals surface area contributed by atoms with Crippen molar-refractivity contribution in [3.05, 3.63) is 106 Å². The van der Waals surface area contributed by atoms with Crippen molar-refractivity contribution in [3.63, 3.8) is 0 Å². The van der Waals surface area contributed by atoms with Crippen LogP contribution >= 0.6 is 15.9 Å². The summed E-state index contributed by atoms with van der Waals surface area (Å²) in [6.45, 7) is 0. The summed E-state index contributed by atoms with van der Waals surface area (Å²) in [6.07, 6.45) is 4.45. The van der Waals surface area contributed by atoms with Gasteiger partial charge in [0.2, 0.25) is 0 Å². The molecule has 0 saturated carbocycles. The average Bonchev–Trinajstić information content (AvgIpc) is 2.98. The second kappa shape index (κ2) is 5.34. The lowest BCUT2D eigenvalue weighted by atomic mass is 9.87. The van der Waals surface area contributed by atoms with Crippen LogP contribution in [0.1, 0.15) is 16.7 Å². The van der Waals surface area contributed by atoms with Gasteiger partial charge >= 0.3 is 0 Å². The van der Waals surface area contributed by atoms with Crippen LogP contribution in [0.2, 0.25) is 0 Å². The van der Waals surface area contributed by atoms with Gasteiger partial charge in [-0.1, -0.05) is 76.6 Å². The molecule has 4 aromatic rings. The molecular formula is C25H15BrO. The van der Waals surface area contributed by atoms with Gasteiger partial charge < -0.3 is 4.74 Å². The topological polar surface area (TPSA) is 9.23 Å². The Labute approximate surface area is 166 Å². The van der Waals surface area contributed by atoms with Crippen molar-refractivity contribution in [3.8, 4) is 16.9 Å². The maximum atomic E-state index is 6.77. The molecule has 0 amide bonds. The Morgan fingerprint density at radius 2 is 1.44 bits per heavy atom. The first-order valence-electron chi connectivity index (χ1n) is 9.06. The van der Waals surface area contributed by atoms with E-state index in [1.165, 1.54) is 33.0 Å². The van der Waals surface area contributed by atoms with E-state index in [4.69, 9.17) is 4.74 Å². The van der Waals surface area contributed by atoms with Crippen molar-refractivity contribution in [1.29, 1.82) is 0 Å². The Kier molecular flexibility index (Phi) is 3.01. The zero-order valence-electron chi connectivity index (χ0n) is 14.4. The van der Waals surface area contributed by atoms with E-state index in [0.717, 1.165) is 15.8 Å². The van der Waals surface area contributed by atoms with Gasteiger partial charge in [0, 0.05) is 21.2 Å². The van der Waals surface area contributed by atoms with Crippen LogP contribution in [-0.2, 0) is 5.60 Å². The third kappa shape index (κ3) is 1.99. The minimum absolute atomic E-state index is 0.552. The molecule has 1 spiro atoms. The molecule has 1 aliphatic heterocycles. The van der Waals surface area contributed by atoms with Gasteiger partial charge in [-0.2, -0.15) is 0 Å². The highest BCUT2D eigenvalue weighted by molar-refractivity contribution is 9.10. The van der Waals surface area contributed by atoms with E-state index in [1.807, 2.05) is 0 Å². The van der Waals surface area contributed by atoms with Crippen LogP contribution in [0.4, 0.5) is 0 Å². The van der Waals surface area contributed by atoms with Crippen molar-refractivity contribution >= 4 is 32.8 Å². The highest BCUT2D eigenvalue weighted by Crippen LogP contribution is 2.53. The van der Waals surface area contributed by atoms with E-state index in [2.05, 4.69) is 107 Å². The molecule has 27 heavy (non-hydrogen) atoms. The molecule has 0 N–H and O–H groups in total. The summed E-state index contributed by atoms with van der Waals surface area (Å²) in [6, 6.07) is 27.7. The Balaban J connectivity index is 1.62. The van der Waals surface area contributed by atoms with E-state index in [9.17, 15) is 0 Å². The molecule has 0 unspecified atom stereocenters. The van der Waals surface area contributed by atoms with Gasteiger partial charge in [0.05, 0.1) is 0 Å². The van der Waals surface area contributed by atoms with Gasteiger partial charge in [-0.05, 0) is 52.3 Å². The molecule has 0 radical (unpaired) electrons. The normalized spacial score (nSPS) is 15.3. The summed E-state index contributed by atoms with van der Waals surface area (Å²) in [5.41, 5.74) is 5.53. The zero-order valence-corrected chi connectivity index (χ0v) is 16.0. The zero-order chi connectivity index (χ0) is 18.0. The standard InChI is InChI=1S/C25H15BrO/c26-17-10-11-18-16(15-17)9-12-24-21(18)13-14-25(27-24)22-7-3-1-5-19(22)20-6-2-4-8-23(20)25/h1-15H. The predicted molar refractivity (Wildman–Crippen MR) is 114 cm³/mol. The third-order valence-electron chi connectivity index (χ3n) is 5.68. The smallest absolute Gasteiger partial charge is 0.179 e. The predicted octanol–water partition coefficient (Wildman–Crippen LogP) is 6.93. The van der Waals surface area contributed by atoms with Gasteiger partial charge in [-0.15, -0.1) is 0 Å². The molecule has 0 aromatic heterocycles. The molecule has 6 rings (SSSR count). The second-order valence-corrected chi connectivity index (χ2v) is 8.02. The van der Waals surface area contributed by atoms with E-state index in [0.29, 0.717) is 0 Å². The fourth-order valence-electron chi connectivity index (χ4n) is 4.49. The van der Waals surface area contributed by atoms with Crippen LogP contribution in [-0.4, -0.2) is 0 Å². The number of halogens is 1. The van der Waals surface area contributed by atoms with E-state index in [-0.39, 0.29) is 0 Å². The molecule has 0 fully saturated rings. The number of hydrogen-bond acceptors (Lipinski definition) is 1. The van der Waals surface area contributed by atoms with Crippen molar-refractivity contribution in [1.82, 2.24) is 0 Å². The first-order chi connectivity index (χ1) is 13.3. The van der Waals surface area contributed by atoms with Crippen molar-refractivity contribution in [2.75, 3.05) is 0 Å². The Bertz CT molecular complexity index is 1220. The second-order valence-electron chi connectivity index (χ2n) is 7.11. The summed E-state index contributed by atoms with van der Waals surface area (Å²) in [5, 5.41) is 2.42. The molecular weight excluding hydrogens is 396 g/mol. The summed E-state index contributed by atoms with van der Waals surface area (Å²) >= 11 is 3.56. The molecule has 2 heteroatoms. The highest BCUT2D eigenvalue weighted by Gasteiger charge is 2.45. The number of benzene rings is 4. The summed E-state index contributed by atoms with van der Waals surface area (Å²) in [5.74, 6) is 0.929. The highest BCUT2D eigenvalue weighted by atomic mass is 79.9. The maximum absolute atomic E-state index is 6.77. The van der Waals surface area contributed by atoms with Crippen LogP contribution in [0.25, 0.3) is 28.0 Å². The number of ether oxygens (including phenoxy) is 1. The Morgan fingerprint density at radius 1 is 0.741 bits per heavy atom. The monoisotopic (exact) mass is 410 g/mol. The first-order valence-corrected chi connectivity index (χ1v) is 9.85. The van der Waals surface area contributed by atoms with Gasteiger partial charge in [0.25, 0.3) is 0 Å². The molecule has 0 atom stereocenters. The van der Waals surface area contributed by atoms with Crippen LogP contribution in [0.15, 0.2) is 89.4 Å². The number of rotatable bonds is 0. The summed E-state index contributed by atoms with van der Waals surface area (Å²) in [7, 11) is 0. The molecule has 128 valence electrons. The number of fused-ring (bicyclic) bond motifs is 8. The molecule has 0 saturated heterocycles. The van der Waals surface area contributed by atoms with Crippen LogP contribution in [0, 0.1) is 0 Å². The fourth-order valence-corrected chi connectivity index (χ4v) is 4.87. The van der Waals surface area contributed by atoms with Gasteiger partial charge in [0.15, 0.2) is 5.60 Å². The van der Waals surface area contributed by atoms with Crippen molar-refractivity contribution in [2.45, 2.75) is 5.60 Å². The SMILES string of the molecule is Brc1ccc2c3c(ccc2c1)OC1(C=C3)c2ccccc2-c2ccccc21. The summed E-state index contributed by atoms with van der Waals surface area (Å²) in [4.78, 5) is 0. The van der Waals surface area contributed by atoms with Gasteiger partial charge in [0.1, 0.15) is 5.75 Å². The quantitative estimate of drug-likeness (QED) is 0.305. The average molecular weight is 411 g/mol. The Morgan fingerprint density at radius 3 is 2.19 bits per heavy atom. The van der Waals surface area contributed by atoms with E-state index in [1.54, 1.807) is 0 Å². The maximum Gasteiger partial charge on any atom is 0.179 e. The minimum atomic E-state index is -0.552. The molecule has 1 nitrogen and oxygen atoms in total. The van der Waals surface area contributed by atoms with Crippen LogP contribution < -0.4 is 4.74 Å². The van der Waals surface area contributed by atoms with Crippen molar-refractivity contribution < 1.29 is 4.74 Å². The molecule has 1 heterocycles. The summed E-state index contributed by atoms with van der Waals surface area (Å²) < 4.78 is 7.86. The lowest BCUT2D eigenvalue weighted by Gasteiger charge is -2.34. The van der Waals surface area contributed by atoms with E-state index >= 15 is 0 Å². The van der Waals surface area contributed by atoms with Gasteiger partial charge in [-0.3, -0.25) is 0 Å². The number of hydrogen-bond donors (Lipinski definition) is 0. The van der Waals surface area contributed by atoms with E-state index < -0.39 is 5.60 Å². The van der Waals surface area contributed by atoms with Crippen LogP contribution in [0.5, 0.6) is 5.75 Å². The molecule has 4 aromatic carbocycles. The lowest BCUT2D eigenvalue weighted by Crippen LogP contribution is -2.32. The van der Waals surface area contributed by atoms with Gasteiger partial charge in [-0.25, -0.2) is 0 Å². The lowest BCUT2D eigenvalue weighted by molar-refractivity contribution is 0.166.